The van der Waals surface area contributed by atoms with E-state index in [1.54, 1.807) is 12.3 Å². The molecule has 0 spiro atoms. The summed E-state index contributed by atoms with van der Waals surface area (Å²) in [4.78, 5) is 3.72. The lowest BCUT2D eigenvalue weighted by Gasteiger charge is -2.04. The molecule has 0 aromatic carbocycles. The van der Waals surface area contributed by atoms with Crippen LogP contribution in [-0.4, -0.2) is 4.98 Å². The predicted octanol–water partition coefficient (Wildman–Crippen LogP) is 2.27. The zero-order chi connectivity index (χ0) is 9.35. The van der Waals surface area contributed by atoms with Crippen LogP contribution in [0.25, 0.3) is 0 Å². The lowest BCUT2D eigenvalue weighted by Crippen LogP contribution is -2.09. The maximum absolute atomic E-state index is 12.6. The molecule has 0 fully saturated rings. The summed E-state index contributed by atoms with van der Waals surface area (Å²) in [5.74, 6) is -2.85. The number of hydrogen-bond acceptors (Lipinski definition) is 3. The monoisotopic (exact) mass is 192 g/mol. The van der Waals surface area contributed by atoms with E-state index in [0.29, 0.717) is 5.69 Å². The van der Waals surface area contributed by atoms with E-state index in [9.17, 15) is 8.78 Å². The number of nitrogens with zero attached hydrogens (tertiary/aromatic N) is 1. The van der Waals surface area contributed by atoms with Crippen LogP contribution in [-0.2, 0) is 5.92 Å². The lowest BCUT2D eigenvalue weighted by atomic mass is 10.3. The Balaban J connectivity index is 2.92. The van der Waals surface area contributed by atoms with Crippen LogP contribution in [0.15, 0.2) is 5.38 Å². The van der Waals surface area contributed by atoms with Gasteiger partial charge in [0.2, 0.25) is 0 Å². The van der Waals surface area contributed by atoms with Gasteiger partial charge < -0.3 is 5.73 Å². The molecule has 0 radical (unpaired) electrons. The highest BCUT2D eigenvalue weighted by Crippen LogP contribution is 2.30. The van der Waals surface area contributed by atoms with Crippen LogP contribution < -0.4 is 5.73 Å². The van der Waals surface area contributed by atoms with Crippen LogP contribution in [0.3, 0.4) is 0 Å². The molecule has 1 heterocycles. The molecule has 0 saturated heterocycles. The third kappa shape index (κ3) is 1.98. The number of rotatable bonds is 2. The van der Waals surface area contributed by atoms with Gasteiger partial charge in [0.05, 0.1) is 5.69 Å². The second-order valence-corrected chi connectivity index (χ2v) is 3.61. The number of thiazole rings is 1. The minimum absolute atomic E-state index is 0.171. The van der Waals surface area contributed by atoms with Gasteiger partial charge in [0, 0.05) is 18.3 Å². The molecule has 1 rings (SSSR count). The summed E-state index contributed by atoms with van der Waals surface area (Å²) in [5.41, 5.74) is 5.99. The minimum Gasteiger partial charge on any atom is -0.323 e. The Morgan fingerprint density at radius 1 is 1.67 bits per heavy atom. The van der Waals surface area contributed by atoms with Gasteiger partial charge in [0.1, 0.15) is 0 Å². The lowest BCUT2D eigenvalue weighted by molar-refractivity contribution is 0.0170. The van der Waals surface area contributed by atoms with Gasteiger partial charge in [-0.1, -0.05) is 0 Å². The molecule has 0 aliphatic carbocycles. The van der Waals surface area contributed by atoms with Crippen LogP contribution in [0, 0.1) is 0 Å². The van der Waals surface area contributed by atoms with Crippen molar-refractivity contribution >= 4 is 11.3 Å². The quantitative estimate of drug-likeness (QED) is 0.780. The van der Waals surface area contributed by atoms with Crippen molar-refractivity contribution < 1.29 is 8.78 Å². The smallest absolute Gasteiger partial charge is 0.296 e. The van der Waals surface area contributed by atoms with Crippen molar-refractivity contribution in [3.8, 4) is 0 Å². The number of alkyl halides is 2. The topological polar surface area (TPSA) is 38.9 Å². The molecule has 0 saturated carbocycles. The molecule has 5 heteroatoms. The van der Waals surface area contributed by atoms with Gasteiger partial charge in [0.15, 0.2) is 5.01 Å². The highest BCUT2D eigenvalue weighted by molar-refractivity contribution is 7.09. The fraction of sp³-hybridized carbons (Fsp3) is 0.571. The van der Waals surface area contributed by atoms with Crippen LogP contribution >= 0.6 is 11.3 Å². The Labute approximate surface area is 73.4 Å². The molecular formula is C7H10F2N2S. The average Bonchev–Trinajstić information content (AvgIpc) is 2.30. The summed E-state index contributed by atoms with van der Waals surface area (Å²) in [5, 5.41) is 1.40. The van der Waals surface area contributed by atoms with Crippen molar-refractivity contribution in [3.63, 3.8) is 0 Å². The van der Waals surface area contributed by atoms with Gasteiger partial charge in [-0.15, -0.1) is 11.3 Å². The Bertz CT molecular complexity index is 265. The summed E-state index contributed by atoms with van der Waals surface area (Å²) in [6.45, 7) is 2.55. The van der Waals surface area contributed by atoms with Gasteiger partial charge in [-0.3, -0.25) is 0 Å². The maximum Gasteiger partial charge on any atom is 0.296 e. The van der Waals surface area contributed by atoms with Crippen LogP contribution in [0.1, 0.15) is 30.6 Å². The number of halogens is 2. The van der Waals surface area contributed by atoms with E-state index in [-0.39, 0.29) is 11.0 Å². The average molecular weight is 192 g/mol. The highest BCUT2D eigenvalue weighted by atomic mass is 32.1. The van der Waals surface area contributed by atoms with Crippen LogP contribution in [0.2, 0.25) is 0 Å². The molecule has 0 aliphatic heterocycles. The number of aromatic nitrogens is 1. The fourth-order valence-corrected chi connectivity index (χ4v) is 1.56. The van der Waals surface area contributed by atoms with E-state index >= 15 is 0 Å². The molecule has 2 N–H and O–H groups in total. The molecule has 68 valence electrons. The predicted molar refractivity (Wildman–Crippen MR) is 44.3 cm³/mol. The zero-order valence-corrected chi connectivity index (χ0v) is 7.66. The van der Waals surface area contributed by atoms with E-state index in [1.807, 2.05) is 0 Å². The van der Waals surface area contributed by atoms with Gasteiger partial charge in [-0.2, -0.15) is 8.78 Å². The van der Waals surface area contributed by atoms with E-state index < -0.39 is 5.92 Å². The molecular weight excluding hydrogens is 182 g/mol. The number of nitrogens with two attached hydrogens (primary N) is 1. The van der Waals surface area contributed by atoms with E-state index in [2.05, 4.69) is 4.98 Å². The van der Waals surface area contributed by atoms with Gasteiger partial charge >= 0.3 is 0 Å². The van der Waals surface area contributed by atoms with Crippen molar-refractivity contribution in [3.05, 3.63) is 16.1 Å². The van der Waals surface area contributed by atoms with Crippen molar-refractivity contribution in [2.24, 2.45) is 5.73 Å². The molecule has 1 atom stereocenters. The summed E-state index contributed by atoms with van der Waals surface area (Å²) in [6.07, 6.45) is 0. The molecule has 0 amide bonds. The van der Waals surface area contributed by atoms with E-state index in [1.165, 1.54) is 0 Å². The van der Waals surface area contributed by atoms with Crippen molar-refractivity contribution in [2.75, 3.05) is 0 Å². The highest BCUT2D eigenvalue weighted by Gasteiger charge is 2.28. The molecule has 12 heavy (non-hydrogen) atoms. The third-order valence-corrected chi connectivity index (χ3v) is 2.40. The summed E-state index contributed by atoms with van der Waals surface area (Å²) in [6, 6.07) is -0.280. The van der Waals surface area contributed by atoms with E-state index in [4.69, 9.17) is 5.73 Å². The Morgan fingerprint density at radius 2 is 2.25 bits per heavy atom. The normalized spacial score (nSPS) is 14.8. The van der Waals surface area contributed by atoms with Gasteiger partial charge in [-0.05, 0) is 6.92 Å². The first kappa shape index (κ1) is 9.54. The molecule has 1 unspecified atom stereocenters. The standard InChI is InChI=1S/C7H10F2N2S/c1-4(10)5-3-12-6(11-5)7(2,8)9/h3-4H,10H2,1-2H3. The fourth-order valence-electron chi connectivity index (χ4n) is 0.697. The summed E-state index contributed by atoms with van der Waals surface area (Å²) < 4.78 is 25.3. The zero-order valence-electron chi connectivity index (χ0n) is 6.84. The van der Waals surface area contributed by atoms with Crippen LogP contribution in [0.5, 0.6) is 0 Å². The Hall–Kier alpha value is -0.550. The largest absolute Gasteiger partial charge is 0.323 e. The SMILES string of the molecule is CC(N)c1csc(C(C)(F)F)n1. The Kier molecular flexibility index (Phi) is 2.44. The Morgan fingerprint density at radius 3 is 2.50 bits per heavy atom. The van der Waals surface area contributed by atoms with Crippen molar-refractivity contribution in [2.45, 2.75) is 25.8 Å². The van der Waals surface area contributed by atoms with Gasteiger partial charge in [0.25, 0.3) is 5.92 Å². The number of hydrogen-bond donors (Lipinski definition) is 1. The minimum atomic E-state index is -2.85. The van der Waals surface area contributed by atoms with Crippen LogP contribution in [0.4, 0.5) is 8.78 Å². The van der Waals surface area contributed by atoms with Crippen molar-refractivity contribution in [1.82, 2.24) is 4.98 Å². The maximum atomic E-state index is 12.6. The molecule has 2 nitrogen and oxygen atoms in total. The molecule has 1 aromatic rings. The molecule has 0 aliphatic rings. The second-order valence-electron chi connectivity index (χ2n) is 2.75. The first-order chi connectivity index (χ1) is 5.41. The molecule has 0 bridgehead atoms. The van der Waals surface area contributed by atoms with Crippen molar-refractivity contribution in [1.29, 1.82) is 0 Å². The molecule has 1 aromatic heterocycles. The third-order valence-electron chi connectivity index (χ3n) is 1.36. The first-order valence-corrected chi connectivity index (χ1v) is 4.38. The summed E-state index contributed by atoms with van der Waals surface area (Å²) >= 11 is 0.944. The van der Waals surface area contributed by atoms with E-state index in [0.717, 1.165) is 18.3 Å². The second kappa shape index (κ2) is 3.06. The summed E-state index contributed by atoms with van der Waals surface area (Å²) in [7, 11) is 0. The first-order valence-electron chi connectivity index (χ1n) is 3.50. The van der Waals surface area contributed by atoms with Gasteiger partial charge in [-0.25, -0.2) is 4.98 Å².